The van der Waals surface area contributed by atoms with Crippen LogP contribution in [-0.4, -0.2) is 63.9 Å². The standard InChI is InChI=1S/C36H36F3N7O/c1-22-5-7-26(34(47)42-31-15-25(14-29(18-31)36(37,38)39)21-46-11-9-45(4)10-12-46)17-32(22)27-13-23(2)33-28(16-27)19-41-35(44-33)43-30-8-6-24(3)40-20-30/h5-8,13-20H,9-12,21H2,1-4H3,(H,42,47)(H,41,43,44). The van der Waals surface area contributed by atoms with Gasteiger partial charge in [0.2, 0.25) is 5.95 Å². The van der Waals surface area contributed by atoms with E-state index in [0.717, 1.165) is 76.8 Å². The number of benzene rings is 3. The molecule has 1 aliphatic heterocycles. The van der Waals surface area contributed by atoms with Crippen LogP contribution in [0.4, 0.5) is 30.5 Å². The zero-order valence-corrected chi connectivity index (χ0v) is 26.7. The summed E-state index contributed by atoms with van der Waals surface area (Å²) in [6, 6.07) is 16.9. The first-order valence-electron chi connectivity index (χ1n) is 15.4. The van der Waals surface area contributed by atoms with Gasteiger partial charge in [0.25, 0.3) is 5.91 Å². The van der Waals surface area contributed by atoms with Crippen LogP contribution in [0.3, 0.4) is 0 Å². The molecule has 3 aromatic carbocycles. The number of likely N-dealkylation sites (N-methyl/N-ethyl adjacent to an activating group) is 1. The van der Waals surface area contributed by atoms with Gasteiger partial charge in [-0.25, -0.2) is 9.97 Å². The number of nitrogens with one attached hydrogen (secondary N) is 2. The maximum Gasteiger partial charge on any atom is 0.416 e. The smallest absolute Gasteiger partial charge is 0.323 e. The first-order chi connectivity index (χ1) is 22.4. The number of fused-ring (bicyclic) bond motifs is 1. The summed E-state index contributed by atoms with van der Waals surface area (Å²) in [5, 5.41) is 6.75. The summed E-state index contributed by atoms with van der Waals surface area (Å²) in [4.78, 5) is 31.3. The van der Waals surface area contributed by atoms with Crippen molar-refractivity contribution in [3.05, 3.63) is 107 Å². The highest BCUT2D eigenvalue weighted by Gasteiger charge is 2.31. The third kappa shape index (κ3) is 7.58. The number of piperazine rings is 1. The Morgan fingerprint density at radius 1 is 0.851 bits per heavy atom. The Hall–Kier alpha value is -4.87. The van der Waals surface area contributed by atoms with Gasteiger partial charge in [0.05, 0.1) is 23.0 Å². The molecule has 6 rings (SSSR count). The summed E-state index contributed by atoms with van der Waals surface area (Å²) in [5.74, 6) is -0.0339. The lowest BCUT2D eigenvalue weighted by molar-refractivity contribution is -0.137. The number of amides is 1. The van der Waals surface area contributed by atoms with Crippen molar-refractivity contribution in [1.29, 1.82) is 0 Å². The Balaban J connectivity index is 1.25. The van der Waals surface area contributed by atoms with Gasteiger partial charge in [0.15, 0.2) is 0 Å². The molecule has 1 amide bonds. The number of nitrogens with zero attached hydrogens (tertiary/aromatic N) is 5. The van der Waals surface area contributed by atoms with Crippen molar-refractivity contribution >= 4 is 34.1 Å². The molecule has 0 radical (unpaired) electrons. The fourth-order valence-electron chi connectivity index (χ4n) is 5.77. The van der Waals surface area contributed by atoms with Crippen LogP contribution in [0.25, 0.3) is 22.0 Å². The van der Waals surface area contributed by atoms with Gasteiger partial charge in [-0.3, -0.25) is 14.7 Å². The molecular formula is C36H36F3N7O. The van der Waals surface area contributed by atoms with Crippen LogP contribution in [0.15, 0.2) is 73.1 Å². The molecule has 242 valence electrons. The van der Waals surface area contributed by atoms with Crippen molar-refractivity contribution in [3.8, 4) is 11.1 Å². The summed E-state index contributed by atoms with van der Waals surface area (Å²) in [5.41, 5.74) is 6.23. The Morgan fingerprint density at radius 3 is 2.36 bits per heavy atom. The quantitative estimate of drug-likeness (QED) is 0.192. The average Bonchev–Trinajstić information content (AvgIpc) is 3.03. The summed E-state index contributed by atoms with van der Waals surface area (Å²) < 4.78 is 41.6. The van der Waals surface area contributed by atoms with E-state index in [1.807, 2.05) is 58.2 Å². The number of hydrogen-bond acceptors (Lipinski definition) is 7. The predicted molar refractivity (Wildman–Crippen MR) is 179 cm³/mol. The number of alkyl halides is 3. The third-order valence-corrected chi connectivity index (χ3v) is 8.43. The summed E-state index contributed by atoms with van der Waals surface area (Å²) in [6.07, 6.45) is -1.06. The second-order valence-corrected chi connectivity index (χ2v) is 12.2. The van der Waals surface area contributed by atoms with Crippen LogP contribution in [0.5, 0.6) is 0 Å². The largest absolute Gasteiger partial charge is 0.416 e. The second-order valence-electron chi connectivity index (χ2n) is 12.2. The van der Waals surface area contributed by atoms with Crippen molar-refractivity contribution < 1.29 is 18.0 Å². The Kier molecular flexibility index (Phi) is 8.94. The van der Waals surface area contributed by atoms with Crippen LogP contribution in [0.2, 0.25) is 0 Å². The Morgan fingerprint density at radius 2 is 1.64 bits per heavy atom. The van der Waals surface area contributed by atoms with E-state index >= 15 is 0 Å². The van der Waals surface area contributed by atoms with Crippen molar-refractivity contribution in [2.24, 2.45) is 0 Å². The molecule has 5 aromatic rings. The normalized spacial score (nSPS) is 14.4. The van der Waals surface area contributed by atoms with Gasteiger partial charge in [-0.1, -0.05) is 6.07 Å². The first kappa shape index (κ1) is 32.1. The van der Waals surface area contributed by atoms with Crippen molar-refractivity contribution in [3.63, 3.8) is 0 Å². The maximum atomic E-state index is 13.9. The number of rotatable bonds is 7. The lowest BCUT2D eigenvalue weighted by atomic mass is 9.95. The number of carbonyl (C=O) groups is 1. The van der Waals surface area contributed by atoms with E-state index in [2.05, 4.69) is 30.4 Å². The number of anilines is 3. The molecule has 8 nitrogen and oxygen atoms in total. The van der Waals surface area contributed by atoms with E-state index in [1.165, 1.54) is 6.07 Å². The van der Waals surface area contributed by atoms with Crippen LogP contribution in [0, 0.1) is 20.8 Å². The molecule has 2 aromatic heterocycles. The number of hydrogen-bond donors (Lipinski definition) is 2. The summed E-state index contributed by atoms with van der Waals surface area (Å²) >= 11 is 0. The molecule has 1 aliphatic rings. The number of aryl methyl sites for hydroxylation is 3. The first-order valence-corrected chi connectivity index (χ1v) is 15.4. The van der Waals surface area contributed by atoms with Gasteiger partial charge in [-0.15, -0.1) is 0 Å². The molecule has 0 bridgehead atoms. The van der Waals surface area contributed by atoms with Gasteiger partial charge in [0, 0.05) is 61.3 Å². The Labute approximate surface area is 271 Å². The molecule has 11 heteroatoms. The molecule has 0 unspecified atom stereocenters. The van der Waals surface area contributed by atoms with Crippen molar-refractivity contribution in [2.75, 3.05) is 43.9 Å². The highest BCUT2D eigenvalue weighted by molar-refractivity contribution is 6.05. The molecule has 1 fully saturated rings. The van der Waals surface area contributed by atoms with E-state index in [-0.39, 0.29) is 5.69 Å². The molecule has 3 heterocycles. The lowest BCUT2D eigenvalue weighted by Gasteiger charge is -2.32. The van der Waals surface area contributed by atoms with Crippen molar-refractivity contribution in [1.82, 2.24) is 24.8 Å². The maximum absolute atomic E-state index is 13.9. The number of aromatic nitrogens is 3. The summed E-state index contributed by atoms with van der Waals surface area (Å²) in [6.45, 7) is 9.46. The van der Waals surface area contributed by atoms with E-state index < -0.39 is 17.6 Å². The van der Waals surface area contributed by atoms with Gasteiger partial charge in [0.1, 0.15) is 0 Å². The molecule has 1 saturated heterocycles. The molecule has 0 saturated carbocycles. The lowest BCUT2D eigenvalue weighted by Crippen LogP contribution is -2.43. The Bertz CT molecular complexity index is 1930. The molecule has 47 heavy (non-hydrogen) atoms. The van der Waals surface area contributed by atoms with Crippen LogP contribution < -0.4 is 10.6 Å². The zero-order chi connectivity index (χ0) is 33.3. The molecule has 0 aliphatic carbocycles. The predicted octanol–water partition coefficient (Wildman–Crippen LogP) is 7.38. The minimum Gasteiger partial charge on any atom is -0.323 e. The molecule has 0 spiro atoms. The SMILES string of the molecule is Cc1ccc(Nc2ncc3cc(-c4cc(C(=O)Nc5cc(CN6CCN(C)CC6)cc(C(F)(F)F)c5)ccc4C)cc(C)c3n2)cn1. The highest BCUT2D eigenvalue weighted by atomic mass is 19.4. The van der Waals surface area contributed by atoms with E-state index in [4.69, 9.17) is 4.98 Å². The second kappa shape index (κ2) is 13.1. The van der Waals surface area contributed by atoms with Gasteiger partial charge in [-0.05, 0) is 110 Å². The monoisotopic (exact) mass is 639 g/mol. The van der Waals surface area contributed by atoms with Crippen LogP contribution in [0.1, 0.15) is 38.3 Å². The third-order valence-electron chi connectivity index (χ3n) is 8.43. The van der Waals surface area contributed by atoms with E-state index in [9.17, 15) is 18.0 Å². The number of pyridine rings is 1. The molecular weight excluding hydrogens is 603 g/mol. The highest BCUT2D eigenvalue weighted by Crippen LogP contribution is 2.34. The molecule has 2 N–H and O–H groups in total. The number of halogens is 3. The number of carbonyl (C=O) groups excluding carboxylic acids is 1. The molecule has 0 atom stereocenters. The minimum atomic E-state index is -4.54. The van der Waals surface area contributed by atoms with Gasteiger partial charge in [-0.2, -0.15) is 13.2 Å². The summed E-state index contributed by atoms with van der Waals surface area (Å²) in [7, 11) is 2.03. The van der Waals surface area contributed by atoms with E-state index in [0.29, 0.717) is 23.6 Å². The zero-order valence-electron chi connectivity index (χ0n) is 26.7. The van der Waals surface area contributed by atoms with Crippen LogP contribution in [-0.2, 0) is 12.7 Å². The fourth-order valence-corrected chi connectivity index (χ4v) is 5.77. The van der Waals surface area contributed by atoms with Crippen molar-refractivity contribution in [2.45, 2.75) is 33.5 Å². The van der Waals surface area contributed by atoms with Gasteiger partial charge >= 0.3 is 6.18 Å². The van der Waals surface area contributed by atoms with E-state index in [1.54, 1.807) is 30.6 Å². The topological polar surface area (TPSA) is 86.3 Å². The van der Waals surface area contributed by atoms with Crippen LogP contribution >= 0.6 is 0 Å². The fraction of sp³-hybridized carbons (Fsp3) is 0.278. The van der Waals surface area contributed by atoms with Gasteiger partial charge < -0.3 is 15.5 Å². The minimum absolute atomic E-state index is 0.112. The average molecular weight is 640 g/mol.